The topological polar surface area (TPSA) is 72.9 Å². The van der Waals surface area contributed by atoms with Gasteiger partial charge in [0.2, 0.25) is 11.8 Å². The van der Waals surface area contributed by atoms with E-state index in [0.29, 0.717) is 19.4 Å². The molecule has 0 aromatic heterocycles. The SMILES string of the molecule is CN1CC=C(c2ccc3c(c2)CN(C2CCC(=O)NC2=O)C3O)CC1. The van der Waals surface area contributed by atoms with Crippen molar-refractivity contribution in [1.82, 2.24) is 15.1 Å². The first-order chi connectivity index (χ1) is 12.0. The summed E-state index contributed by atoms with van der Waals surface area (Å²) in [4.78, 5) is 27.6. The lowest BCUT2D eigenvalue weighted by Crippen LogP contribution is -2.51. The second kappa shape index (κ2) is 6.37. The first kappa shape index (κ1) is 16.4. The highest BCUT2D eigenvalue weighted by molar-refractivity contribution is 6.00. The van der Waals surface area contributed by atoms with Crippen LogP contribution in [0.15, 0.2) is 24.3 Å². The van der Waals surface area contributed by atoms with E-state index in [1.54, 1.807) is 4.90 Å². The zero-order chi connectivity index (χ0) is 17.6. The number of likely N-dealkylation sites (N-methyl/N-ethyl adjacent to an activating group) is 1. The number of aliphatic hydroxyl groups excluding tert-OH is 1. The average molecular weight is 341 g/mol. The fourth-order valence-corrected chi connectivity index (χ4v) is 3.97. The fraction of sp³-hybridized carbons (Fsp3) is 0.474. The predicted molar refractivity (Wildman–Crippen MR) is 93.2 cm³/mol. The highest BCUT2D eigenvalue weighted by Crippen LogP contribution is 2.37. The van der Waals surface area contributed by atoms with E-state index < -0.39 is 12.3 Å². The molecule has 2 N–H and O–H groups in total. The van der Waals surface area contributed by atoms with Gasteiger partial charge in [0, 0.05) is 26.1 Å². The Hall–Kier alpha value is -2.02. The Morgan fingerprint density at radius 2 is 2.08 bits per heavy atom. The van der Waals surface area contributed by atoms with Crippen LogP contribution in [-0.4, -0.2) is 52.9 Å². The van der Waals surface area contributed by atoms with Crippen molar-refractivity contribution < 1.29 is 14.7 Å². The number of amides is 2. The Kier molecular flexibility index (Phi) is 4.19. The lowest BCUT2D eigenvalue weighted by molar-refractivity contribution is -0.141. The van der Waals surface area contributed by atoms with Gasteiger partial charge >= 0.3 is 0 Å². The minimum atomic E-state index is -0.792. The number of fused-ring (bicyclic) bond motifs is 1. The lowest BCUT2D eigenvalue weighted by atomic mass is 9.96. The molecule has 3 aliphatic heterocycles. The van der Waals surface area contributed by atoms with E-state index in [0.717, 1.165) is 30.6 Å². The van der Waals surface area contributed by atoms with Crippen molar-refractivity contribution in [3.63, 3.8) is 0 Å². The molecule has 3 heterocycles. The summed E-state index contributed by atoms with van der Waals surface area (Å²) in [5, 5.41) is 13.0. The van der Waals surface area contributed by atoms with E-state index in [9.17, 15) is 14.7 Å². The van der Waals surface area contributed by atoms with Gasteiger partial charge in [-0.1, -0.05) is 18.2 Å². The number of benzene rings is 1. The van der Waals surface area contributed by atoms with Crippen LogP contribution in [0.25, 0.3) is 5.57 Å². The molecule has 4 rings (SSSR count). The highest BCUT2D eigenvalue weighted by Gasteiger charge is 2.39. The standard InChI is InChI=1S/C19H23N3O3/c1-21-8-6-12(7-9-21)13-2-3-15-14(10-13)11-22(19(15)25)16-4-5-17(23)20-18(16)24/h2-3,6,10,16,19,25H,4-5,7-9,11H2,1H3,(H,20,23,24). The minimum Gasteiger partial charge on any atom is -0.374 e. The maximum absolute atomic E-state index is 12.1. The third kappa shape index (κ3) is 3.01. The van der Waals surface area contributed by atoms with Crippen LogP contribution >= 0.6 is 0 Å². The van der Waals surface area contributed by atoms with E-state index in [1.807, 2.05) is 6.07 Å². The molecule has 0 aliphatic carbocycles. The Labute approximate surface area is 147 Å². The van der Waals surface area contributed by atoms with E-state index in [-0.39, 0.29) is 11.8 Å². The maximum atomic E-state index is 12.1. The van der Waals surface area contributed by atoms with Crippen molar-refractivity contribution in [3.8, 4) is 0 Å². The molecular weight excluding hydrogens is 318 g/mol. The van der Waals surface area contributed by atoms with Crippen molar-refractivity contribution in [3.05, 3.63) is 41.0 Å². The molecule has 2 atom stereocenters. The summed E-state index contributed by atoms with van der Waals surface area (Å²) in [6.45, 7) is 2.54. The molecule has 0 bridgehead atoms. The second-order valence-corrected chi connectivity index (χ2v) is 7.17. The van der Waals surface area contributed by atoms with Gasteiger partial charge in [-0.3, -0.25) is 19.8 Å². The van der Waals surface area contributed by atoms with Gasteiger partial charge < -0.3 is 10.0 Å². The van der Waals surface area contributed by atoms with Crippen molar-refractivity contribution in [2.24, 2.45) is 0 Å². The predicted octanol–water partition coefficient (Wildman–Crippen LogP) is 1.02. The van der Waals surface area contributed by atoms with E-state index >= 15 is 0 Å². The number of aliphatic hydroxyl groups is 1. The zero-order valence-electron chi connectivity index (χ0n) is 14.4. The fourth-order valence-electron chi connectivity index (χ4n) is 3.97. The number of carbonyl (C=O) groups is 2. The van der Waals surface area contributed by atoms with Gasteiger partial charge in [0.15, 0.2) is 0 Å². The average Bonchev–Trinajstić information content (AvgIpc) is 2.92. The summed E-state index contributed by atoms with van der Waals surface area (Å²) >= 11 is 0. The third-order valence-electron chi connectivity index (χ3n) is 5.48. The third-order valence-corrected chi connectivity index (χ3v) is 5.48. The summed E-state index contributed by atoms with van der Waals surface area (Å²) in [6, 6.07) is 5.72. The summed E-state index contributed by atoms with van der Waals surface area (Å²) < 4.78 is 0. The number of rotatable bonds is 2. The van der Waals surface area contributed by atoms with Crippen LogP contribution in [-0.2, 0) is 16.1 Å². The van der Waals surface area contributed by atoms with Gasteiger partial charge in [0.05, 0.1) is 6.04 Å². The lowest BCUT2D eigenvalue weighted by Gasteiger charge is -2.31. The second-order valence-electron chi connectivity index (χ2n) is 7.17. The van der Waals surface area contributed by atoms with E-state index in [1.165, 1.54) is 11.1 Å². The number of hydrogen-bond donors (Lipinski definition) is 2. The molecule has 0 saturated carbocycles. The molecular formula is C19H23N3O3. The molecule has 0 radical (unpaired) electrons. The van der Waals surface area contributed by atoms with Crippen LogP contribution < -0.4 is 5.32 Å². The summed E-state index contributed by atoms with van der Waals surface area (Å²) in [6.07, 6.45) is 3.27. The van der Waals surface area contributed by atoms with Crippen LogP contribution in [0.1, 0.15) is 42.2 Å². The van der Waals surface area contributed by atoms with Crippen LogP contribution in [0.3, 0.4) is 0 Å². The summed E-state index contributed by atoms with van der Waals surface area (Å²) in [5.74, 6) is -0.537. The quantitative estimate of drug-likeness (QED) is 0.786. The van der Waals surface area contributed by atoms with Gasteiger partial charge in [0.1, 0.15) is 6.23 Å². The van der Waals surface area contributed by atoms with Crippen molar-refractivity contribution in [1.29, 1.82) is 0 Å². The van der Waals surface area contributed by atoms with Crippen molar-refractivity contribution in [2.75, 3.05) is 20.1 Å². The number of piperidine rings is 1. The molecule has 2 amide bonds. The number of imide groups is 1. The number of nitrogens with one attached hydrogen (secondary N) is 1. The number of carbonyl (C=O) groups excluding carboxylic acids is 2. The smallest absolute Gasteiger partial charge is 0.244 e. The molecule has 1 fully saturated rings. The Morgan fingerprint density at radius 3 is 2.80 bits per heavy atom. The maximum Gasteiger partial charge on any atom is 0.244 e. The van der Waals surface area contributed by atoms with Gasteiger partial charge in [0.25, 0.3) is 0 Å². The molecule has 25 heavy (non-hydrogen) atoms. The molecule has 1 aromatic rings. The van der Waals surface area contributed by atoms with Crippen LogP contribution in [0.4, 0.5) is 0 Å². The molecule has 3 aliphatic rings. The van der Waals surface area contributed by atoms with E-state index in [2.05, 4.69) is 35.5 Å². The number of nitrogens with zero attached hydrogens (tertiary/aromatic N) is 2. The van der Waals surface area contributed by atoms with E-state index in [4.69, 9.17) is 0 Å². The monoisotopic (exact) mass is 341 g/mol. The molecule has 6 heteroatoms. The molecule has 1 saturated heterocycles. The largest absolute Gasteiger partial charge is 0.374 e. The highest BCUT2D eigenvalue weighted by atomic mass is 16.3. The van der Waals surface area contributed by atoms with Crippen molar-refractivity contribution in [2.45, 2.75) is 38.1 Å². The molecule has 132 valence electrons. The molecule has 1 aromatic carbocycles. The molecule has 2 unspecified atom stereocenters. The first-order valence-electron chi connectivity index (χ1n) is 8.81. The normalized spacial score (nSPS) is 27.8. The Morgan fingerprint density at radius 1 is 1.24 bits per heavy atom. The van der Waals surface area contributed by atoms with Gasteiger partial charge in [-0.25, -0.2) is 0 Å². The molecule has 0 spiro atoms. The first-order valence-corrected chi connectivity index (χ1v) is 8.81. The van der Waals surface area contributed by atoms with Crippen LogP contribution in [0.5, 0.6) is 0 Å². The van der Waals surface area contributed by atoms with Gasteiger partial charge in [-0.15, -0.1) is 0 Å². The van der Waals surface area contributed by atoms with Crippen LogP contribution in [0, 0.1) is 0 Å². The Bertz CT molecular complexity index is 758. The van der Waals surface area contributed by atoms with Crippen LogP contribution in [0.2, 0.25) is 0 Å². The molecule has 6 nitrogen and oxygen atoms in total. The Balaban J connectivity index is 1.56. The number of hydrogen-bond acceptors (Lipinski definition) is 5. The zero-order valence-corrected chi connectivity index (χ0v) is 14.4. The summed E-state index contributed by atoms with van der Waals surface area (Å²) in [7, 11) is 2.12. The minimum absolute atomic E-state index is 0.232. The summed E-state index contributed by atoms with van der Waals surface area (Å²) in [5.41, 5.74) is 4.47. The van der Waals surface area contributed by atoms with Gasteiger partial charge in [-0.2, -0.15) is 0 Å². The van der Waals surface area contributed by atoms with Crippen molar-refractivity contribution >= 4 is 17.4 Å². The van der Waals surface area contributed by atoms with Gasteiger partial charge in [-0.05, 0) is 48.2 Å².